The Morgan fingerprint density at radius 2 is 2.08 bits per heavy atom. The summed E-state index contributed by atoms with van der Waals surface area (Å²) in [7, 11) is 1.71. The fraction of sp³-hybridized carbons (Fsp3) is 0.389. The Kier molecular flexibility index (Phi) is 6.64. The van der Waals surface area contributed by atoms with Gasteiger partial charge in [0.1, 0.15) is 6.54 Å². The molecule has 0 N–H and O–H groups in total. The SMILES string of the molecule is CCOC(=O)/C=C1\SCC(=O)N1CC(=O)N(C)Cc1ccccc1C. The van der Waals surface area contributed by atoms with Gasteiger partial charge in [0.05, 0.1) is 23.5 Å². The maximum absolute atomic E-state index is 12.5. The fourth-order valence-corrected chi connectivity index (χ4v) is 3.30. The lowest BCUT2D eigenvalue weighted by atomic mass is 10.1. The van der Waals surface area contributed by atoms with Crippen LogP contribution in [0.1, 0.15) is 18.1 Å². The van der Waals surface area contributed by atoms with Crippen molar-refractivity contribution in [1.82, 2.24) is 9.80 Å². The number of amides is 2. The number of rotatable bonds is 6. The first-order chi connectivity index (χ1) is 11.9. The van der Waals surface area contributed by atoms with Gasteiger partial charge >= 0.3 is 5.97 Å². The van der Waals surface area contributed by atoms with Crippen LogP contribution in [0, 0.1) is 6.92 Å². The van der Waals surface area contributed by atoms with Gasteiger partial charge in [-0.05, 0) is 25.0 Å². The normalized spacial score (nSPS) is 15.6. The molecule has 0 spiro atoms. The summed E-state index contributed by atoms with van der Waals surface area (Å²) >= 11 is 1.24. The summed E-state index contributed by atoms with van der Waals surface area (Å²) in [6.07, 6.45) is 1.27. The number of carbonyl (C=O) groups is 3. The van der Waals surface area contributed by atoms with Gasteiger partial charge in [-0.3, -0.25) is 14.5 Å². The predicted molar refractivity (Wildman–Crippen MR) is 96.5 cm³/mol. The van der Waals surface area contributed by atoms with Crippen molar-refractivity contribution in [3.63, 3.8) is 0 Å². The van der Waals surface area contributed by atoms with Gasteiger partial charge in [-0.25, -0.2) is 4.79 Å². The Labute approximate surface area is 151 Å². The highest BCUT2D eigenvalue weighted by molar-refractivity contribution is 8.04. The molecule has 0 radical (unpaired) electrons. The molecule has 134 valence electrons. The lowest BCUT2D eigenvalue weighted by Gasteiger charge is -2.22. The molecule has 25 heavy (non-hydrogen) atoms. The third kappa shape index (κ3) is 5.09. The summed E-state index contributed by atoms with van der Waals surface area (Å²) in [6.45, 7) is 4.36. The zero-order chi connectivity index (χ0) is 18.4. The third-order valence-corrected chi connectivity index (χ3v) is 4.85. The highest BCUT2D eigenvalue weighted by Crippen LogP contribution is 2.28. The van der Waals surface area contributed by atoms with Crippen LogP contribution in [0.15, 0.2) is 35.4 Å². The standard InChI is InChI=1S/C18H22N2O4S/c1-4-24-18(23)9-17-20(16(22)12-25-17)11-15(21)19(3)10-14-8-6-5-7-13(14)2/h5-9H,4,10-12H2,1-3H3/b17-9-. The summed E-state index contributed by atoms with van der Waals surface area (Å²) in [6, 6.07) is 7.85. The minimum atomic E-state index is -0.509. The van der Waals surface area contributed by atoms with Crippen LogP contribution in [0.25, 0.3) is 0 Å². The molecule has 1 aliphatic rings. The van der Waals surface area contributed by atoms with Gasteiger partial charge in [0, 0.05) is 13.6 Å². The number of carbonyl (C=O) groups excluding carboxylic acids is 3. The highest BCUT2D eigenvalue weighted by Gasteiger charge is 2.30. The minimum Gasteiger partial charge on any atom is -0.463 e. The van der Waals surface area contributed by atoms with Crippen LogP contribution in [-0.4, -0.2) is 53.5 Å². The van der Waals surface area contributed by atoms with Gasteiger partial charge in [0.25, 0.3) is 0 Å². The maximum Gasteiger partial charge on any atom is 0.333 e. The van der Waals surface area contributed by atoms with Gasteiger partial charge in [-0.15, -0.1) is 0 Å². The zero-order valence-corrected chi connectivity index (χ0v) is 15.5. The molecule has 1 saturated heterocycles. The first kappa shape index (κ1) is 19.1. The first-order valence-electron chi connectivity index (χ1n) is 8.02. The lowest BCUT2D eigenvalue weighted by Crippen LogP contribution is -2.38. The van der Waals surface area contributed by atoms with Crippen molar-refractivity contribution in [3.05, 3.63) is 46.5 Å². The van der Waals surface area contributed by atoms with Gasteiger partial charge in [0.15, 0.2) is 0 Å². The molecule has 0 bridgehead atoms. The molecule has 1 aromatic carbocycles. The van der Waals surface area contributed by atoms with Crippen molar-refractivity contribution >= 4 is 29.5 Å². The Hall–Kier alpha value is -2.28. The van der Waals surface area contributed by atoms with E-state index in [1.54, 1.807) is 18.9 Å². The van der Waals surface area contributed by atoms with Crippen molar-refractivity contribution in [3.8, 4) is 0 Å². The molecule has 0 unspecified atom stereocenters. The minimum absolute atomic E-state index is 0.0839. The topological polar surface area (TPSA) is 66.9 Å². The molecule has 1 aliphatic heterocycles. The molecule has 1 heterocycles. The molecule has 7 heteroatoms. The fourth-order valence-electron chi connectivity index (χ4n) is 2.37. The summed E-state index contributed by atoms with van der Waals surface area (Å²) in [4.78, 5) is 39.1. The summed E-state index contributed by atoms with van der Waals surface area (Å²) in [5.74, 6) is -0.655. The first-order valence-corrected chi connectivity index (χ1v) is 9.01. The van der Waals surface area contributed by atoms with Crippen LogP contribution in [0.3, 0.4) is 0 Å². The molecule has 1 fully saturated rings. The molecule has 0 aliphatic carbocycles. The second-order valence-corrected chi connectivity index (χ2v) is 6.68. The monoisotopic (exact) mass is 362 g/mol. The molecule has 6 nitrogen and oxygen atoms in total. The Bertz CT molecular complexity index is 702. The average Bonchev–Trinajstić information content (AvgIpc) is 2.90. The molecule has 0 atom stereocenters. The number of hydrogen-bond donors (Lipinski definition) is 0. The third-order valence-electron chi connectivity index (χ3n) is 3.83. The summed E-state index contributed by atoms with van der Waals surface area (Å²) in [5, 5.41) is 0.459. The molecule has 1 aromatic rings. The molecular formula is C18H22N2O4S. The van der Waals surface area contributed by atoms with E-state index in [9.17, 15) is 14.4 Å². The Morgan fingerprint density at radius 3 is 2.76 bits per heavy atom. The van der Waals surface area contributed by atoms with Crippen molar-refractivity contribution in [1.29, 1.82) is 0 Å². The molecule has 0 saturated carbocycles. The zero-order valence-electron chi connectivity index (χ0n) is 14.7. The molecule has 0 aromatic heterocycles. The number of likely N-dealkylation sites (N-methyl/N-ethyl adjacent to an activating group) is 1. The van der Waals surface area contributed by atoms with Crippen LogP contribution < -0.4 is 0 Å². The van der Waals surface area contributed by atoms with Crippen LogP contribution in [0.2, 0.25) is 0 Å². The van der Waals surface area contributed by atoms with E-state index in [0.29, 0.717) is 11.6 Å². The number of hydrogen-bond acceptors (Lipinski definition) is 5. The van der Waals surface area contributed by atoms with E-state index in [4.69, 9.17) is 4.74 Å². The van der Waals surface area contributed by atoms with E-state index < -0.39 is 5.97 Å². The second kappa shape index (κ2) is 8.71. The largest absolute Gasteiger partial charge is 0.463 e. The molecule has 2 rings (SSSR count). The van der Waals surface area contributed by atoms with Gasteiger partial charge in [-0.2, -0.15) is 0 Å². The van der Waals surface area contributed by atoms with E-state index >= 15 is 0 Å². The van der Waals surface area contributed by atoms with E-state index in [2.05, 4.69) is 0 Å². The van der Waals surface area contributed by atoms with E-state index in [1.165, 1.54) is 22.7 Å². The van der Waals surface area contributed by atoms with E-state index in [1.807, 2.05) is 31.2 Å². The predicted octanol–water partition coefficient (Wildman–Crippen LogP) is 1.93. The summed E-state index contributed by atoms with van der Waals surface area (Å²) in [5.41, 5.74) is 2.17. The molecule has 2 amide bonds. The smallest absolute Gasteiger partial charge is 0.333 e. The lowest BCUT2D eigenvalue weighted by molar-refractivity contribution is -0.138. The van der Waals surface area contributed by atoms with Gasteiger partial charge < -0.3 is 9.64 Å². The average molecular weight is 362 g/mol. The van der Waals surface area contributed by atoms with E-state index in [0.717, 1.165) is 11.1 Å². The van der Waals surface area contributed by atoms with Crippen molar-refractivity contribution < 1.29 is 19.1 Å². The quantitative estimate of drug-likeness (QED) is 0.571. The number of benzene rings is 1. The Balaban J connectivity index is 2.03. The van der Waals surface area contributed by atoms with Crippen LogP contribution >= 0.6 is 11.8 Å². The van der Waals surface area contributed by atoms with Crippen LogP contribution in [0.5, 0.6) is 0 Å². The maximum atomic E-state index is 12.5. The number of esters is 1. The summed E-state index contributed by atoms with van der Waals surface area (Å²) < 4.78 is 4.87. The van der Waals surface area contributed by atoms with Gasteiger partial charge in [-0.1, -0.05) is 36.0 Å². The number of thioether (sulfide) groups is 1. The number of aryl methyl sites for hydroxylation is 1. The number of ether oxygens (including phenoxy) is 1. The second-order valence-electron chi connectivity index (χ2n) is 5.68. The highest BCUT2D eigenvalue weighted by atomic mass is 32.2. The Morgan fingerprint density at radius 1 is 1.36 bits per heavy atom. The van der Waals surface area contributed by atoms with Crippen LogP contribution in [0.4, 0.5) is 0 Å². The number of nitrogens with zero attached hydrogens (tertiary/aromatic N) is 2. The van der Waals surface area contributed by atoms with E-state index in [-0.39, 0.29) is 30.7 Å². The van der Waals surface area contributed by atoms with Crippen LogP contribution in [-0.2, 0) is 25.7 Å². The van der Waals surface area contributed by atoms with Crippen molar-refractivity contribution in [2.45, 2.75) is 20.4 Å². The molecular weight excluding hydrogens is 340 g/mol. The van der Waals surface area contributed by atoms with Crippen molar-refractivity contribution in [2.75, 3.05) is 26.0 Å². The van der Waals surface area contributed by atoms with Gasteiger partial charge in [0.2, 0.25) is 11.8 Å². The van der Waals surface area contributed by atoms with Crippen molar-refractivity contribution in [2.24, 2.45) is 0 Å².